The molecule has 84 valence electrons. The molecule has 4 nitrogen and oxygen atoms in total. The second-order valence-electron chi connectivity index (χ2n) is 2.94. The maximum atomic E-state index is 10.8. The third kappa shape index (κ3) is 6.10. The normalized spacial score (nSPS) is 10.8. The van der Waals surface area contributed by atoms with Gasteiger partial charge in [-0.3, -0.25) is 0 Å². The first-order chi connectivity index (χ1) is 6.99. The highest BCUT2D eigenvalue weighted by Gasteiger charge is 2.08. The van der Waals surface area contributed by atoms with Gasteiger partial charge < -0.3 is 0 Å². The maximum absolute atomic E-state index is 10.8. The average molecular weight is 248 g/mol. The van der Waals surface area contributed by atoms with E-state index in [2.05, 4.69) is 11.8 Å². The highest BCUT2D eigenvalue weighted by molar-refractivity contribution is 7.73. The summed E-state index contributed by atoms with van der Waals surface area (Å²) < 4.78 is 41.8. The van der Waals surface area contributed by atoms with Crippen LogP contribution in [0.2, 0.25) is 0 Å². The van der Waals surface area contributed by atoms with Crippen molar-refractivity contribution in [1.29, 1.82) is 0 Å². The Morgan fingerprint density at radius 1 is 1.33 bits per heavy atom. The molecule has 0 rings (SSSR count). The van der Waals surface area contributed by atoms with Crippen LogP contribution in [0, 0.1) is 17.8 Å². The molecule has 0 bridgehead atoms. The quantitative estimate of drug-likeness (QED) is 0.527. The second-order valence-corrected chi connectivity index (χ2v) is 4.60. The van der Waals surface area contributed by atoms with Crippen LogP contribution in [-0.2, 0) is 20.6 Å². The van der Waals surface area contributed by atoms with Crippen molar-refractivity contribution < 1.29 is 16.8 Å². The van der Waals surface area contributed by atoms with E-state index in [1.165, 1.54) is 0 Å². The minimum Gasteiger partial charge on any atom is -0.184 e. The SMILES string of the molecule is CCCC(C)C(C#CC=S(=O)=O)=S(=O)=O. The largest absolute Gasteiger partial charge is 0.226 e. The summed E-state index contributed by atoms with van der Waals surface area (Å²) >= 11 is 0. The molecule has 0 aromatic rings. The molecular weight excluding hydrogens is 236 g/mol. The van der Waals surface area contributed by atoms with E-state index in [9.17, 15) is 16.8 Å². The molecule has 0 radical (unpaired) electrons. The fourth-order valence-corrected chi connectivity index (χ4v) is 1.79. The van der Waals surface area contributed by atoms with E-state index in [1.54, 1.807) is 6.92 Å². The van der Waals surface area contributed by atoms with Gasteiger partial charge in [0.1, 0.15) is 10.2 Å². The Morgan fingerprint density at radius 2 is 1.93 bits per heavy atom. The summed E-state index contributed by atoms with van der Waals surface area (Å²) in [6, 6.07) is 0. The molecule has 0 aromatic carbocycles. The van der Waals surface area contributed by atoms with Gasteiger partial charge in [-0.15, -0.1) is 0 Å². The molecule has 0 spiro atoms. The van der Waals surface area contributed by atoms with Gasteiger partial charge in [0.05, 0.1) is 0 Å². The third-order valence-corrected chi connectivity index (χ3v) is 2.87. The molecule has 0 saturated carbocycles. The Hall–Kier alpha value is -1.06. The Balaban J connectivity index is 5.12. The summed E-state index contributed by atoms with van der Waals surface area (Å²) in [6.07, 6.45) is 1.55. The van der Waals surface area contributed by atoms with Crippen molar-refractivity contribution in [3.63, 3.8) is 0 Å². The van der Waals surface area contributed by atoms with Gasteiger partial charge in [-0.2, -0.15) is 16.8 Å². The first-order valence-electron chi connectivity index (χ1n) is 4.38. The lowest BCUT2D eigenvalue weighted by Crippen LogP contribution is -2.09. The molecule has 0 fully saturated rings. The van der Waals surface area contributed by atoms with Gasteiger partial charge in [0.25, 0.3) is 0 Å². The molecule has 0 aromatic heterocycles. The van der Waals surface area contributed by atoms with Crippen LogP contribution in [0.1, 0.15) is 26.7 Å². The predicted octanol–water partition coefficient (Wildman–Crippen LogP) is 0.159. The topological polar surface area (TPSA) is 68.3 Å². The van der Waals surface area contributed by atoms with E-state index in [0.29, 0.717) is 6.42 Å². The summed E-state index contributed by atoms with van der Waals surface area (Å²) in [5.74, 6) is 4.36. The van der Waals surface area contributed by atoms with E-state index in [4.69, 9.17) is 0 Å². The zero-order valence-electron chi connectivity index (χ0n) is 8.52. The van der Waals surface area contributed by atoms with Gasteiger partial charge in [-0.25, -0.2) is 0 Å². The van der Waals surface area contributed by atoms with Crippen LogP contribution in [0.4, 0.5) is 0 Å². The molecule has 1 unspecified atom stereocenters. The molecule has 0 N–H and O–H groups in total. The Bertz CT molecular complexity index is 510. The van der Waals surface area contributed by atoms with Crippen molar-refractivity contribution >= 4 is 30.8 Å². The molecule has 0 aliphatic heterocycles. The molecular formula is C9H12O4S2. The lowest BCUT2D eigenvalue weighted by molar-refractivity contribution is 0.622. The summed E-state index contributed by atoms with van der Waals surface area (Å²) in [5, 5.41) is 0.728. The fraction of sp³-hybridized carbons (Fsp3) is 0.556. The maximum Gasteiger partial charge on any atom is 0.226 e. The molecule has 0 saturated heterocycles. The fourth-order valence-electron chi connectivity index (χ4n) is 1.04. The predicted molar refractivity (Wildman–Crippen MR) is 60.8 cm³/mol. The van der Waals surface area contributed by atoms with Gasteiger partial charge in [0.15, 0.2) is 0 Å². The molecule has 15 heavy (non-hydrogen) atoms. The highest BCUT2D eigenvalue weighted by atomic mass is 32.2. The smallest absolute Gasteiger partial charge is 0.184 e. The lowest BCUT2D eigenvalue weighted by Gasteiger charge is -2.03. The molecule has 1 atom stereocenters. The van der Waals surface area contributed by atoms with Crippen molar-refractivity contribution in [2.24, 2.45) is 5.92 Å². The van der Waals surface area contributed by atoms with Crippen LogP contribution in [0.3, 0.4) is 0 Å². The molecule has 0 aliphatic rings. The number of hydrogen-bond acceptors (Lipinski definition) is 4. The van der Waals surface area contributed by atoms with Crippen LogP contribution in [0.25, 0.3) is 0 Å². The Morgan fingerprint density at radius 3 is 2.33 bits per heavy atom. The zero-order valence-corrected chi connectivity index (χ0v) is 10.2. The second kappa shape index (κ2) is 7.26. The van der Waals surface area contributed by atoms with Crippen LogP contribution < -0.4 is 0 Å². The van der Waals surface area contributed by atoms with Crippen molar-refractivity contribution in [2.75, 3.05) is 0 Å². The van der Waals surface area contributed by atoms with Gasteiger partial charge in [0.2, 0.25) is 20.6 Å². The van der Waals surface area contributed by atoms with Crippen molar-refractivity contribution in [2.45, 2.75) is 26.7 Å². The Labute approximate surface area is 92.4 Å². The molecule has 6 heteroatoms. The average Bonchev–Trinajstić information content (AvgIpc) is 2.11. The van der Waals surface area contributed by atoms with Gasteiger partial charge in [-0.05, 0) is 12.3 Å². The van der Waals surface area contributed by atoms with Gasteiger partial charge >= 0.3 is 0 Å². The number of rotatable bonds is 3. The third-order valence-electron chi connectivity index (χ3n) is 1.70. The number of hydrogen-bond donors (Lipinski definition) is 0. The van der Waals surface area contributed by atoms with Crippen LogP contribution in [0.5, 0.6) is 0 Å². The van der Waals surface area contributed by atoms with Crippen molar-refractivity contribution in [3.8, 4) is 11.8 Å². The summed E-state index contributed by atoms with van der Waals surface area (Å²) in [6.45, 7) is 3.69. The van der Waals surface area contributed by atoms with Crippen LogP contribution in [0.15, 0.2) is 0 Å². The van der Waals surface area contributed by atoms with E-state index in [-0.39, 0.29) is 10.8 Å². The van der Waals surface area contributed by atoms with E-state index in [1.807, 2.05) is 6.92 Å². The first kappa shape index (κ1) is 13.9. The minimum atomic E-state index is -2.38. The van der Waals surface area contributed by atoms with Crippen molar-refractivity contribution in [3.05, 3.63) is 0 Å². The van der Waals surface area contributed by atoms with Gasteiger partial charge in [0, 0.05) is 5.92 Å². The standard InChI is InChI=1S/C9H12O4S2/c1-3-5-8(2)9(15(12)13)6-4-7-14(10)11/h7-8H,3,5H2,1-2H3. The highest BCUT2D eigenvalue weighted by Crippen LogP contribution is 2.05. The zero-order chi connectivity index (χ0) is 11.8. The summed E-state index contributed by atoms with van der Waals surface area (Å²) in [7, 11) is -4.75. The summed E-state index contributed by atoms with van der Waals surface area (Å²) in [4.78, 5) is 0.0542. The van der Waals surface area contributed by atoms with E-state index in [0.717, 1.165) is 11.8 Å². The lowest BCUT2D eigenvalue weighted by atomic mass is 10.0. The van der Waals surface area contributed by atoms with Crippen LogP contribution >= 0.6 is 0 Å². The van der Waals surface area contributed by atoms with Gasteiger partial charge in [-0.1, -0.05) is 26.2 Å². The Kier molecular flexibility index (Phi) is 6.75. The minimum absolute atomic E-state index is 0.0542. The molecule has 0 amide bonds. The summed E-state index contributed by atoms with van der Waals surface area (Å²) in [5.41, 5.74) is 0. The van der Waals surface area contributed by atoms with Crippen LogP contribution in [-0.4, -0.2) is 27.1 Å². The first-order valence-corrected chi connectivity index (χ1v) is 6.59. The molecule has 0 aliphatic carbocycles. The van der Waals surface area contributed by atoms with E-state index >= 15 is 0 Å². The van der Waals surface area contributed by atoms with Crippen molar-refractivity contribution in [1.82, 2.24) is 0 Å². The van der Waals surface area contributed by atoms with E-state index < -0.39 is 20.6 Å². The molecule has 0 heterocycles. The monoisotopic (exact) mass is 248 g/mol.